The maximum Gasteiger partial charge on any atom is 0.264 e. The molecule has 1 aromatic heterocycles. The number of hydrogen-bond acceptors (Lipinski definition) is 4. The minimum absolute atomic E-state index is 0.0266. The number of aryl methyl sites for hydroxylation is 1. The SMILES string of the molecule is CCc1cccc(OCC(=O)Nc2nc3ccc(C(C)CC)cc3s2)c1. The van der Waals surface area contributed by atoms with Gasteiger partial charge in [0.25, 0.3) is 5.91 Å². The molecule has 3 aromatic rings. The van der Waals surface area contributed by atoms with Crippen LogP contribution in [0.25, 0.3) is 10.2 Å². The first-order valence-electron chi connectivity index (χ1n) is 9.01. The number of rotatable bonds is 7. The van der Waals surface area contributed by atoms with E-state index in [9.17, 15) is 4.79 Å². The van der Waals surface area contributed by atoms with E-state index in [1.54, 1.807) is 0 Å². The van der Waals surface area contributed by atoms with Crippen molar-refractivity contribution < 1.29 is 9.53 Å². The second kappa shape index (κ2) is 8.32. The quantitative estimate of drug-likeness (QED) is 0.608. The van der Waals surface area contributed by atoms with Gasteiger partial charge in [-0.2, -0.15) is 0 Å². The van der Waals surface area contributed by atoms with Gasteiger partial charge in [-0.05, 0) is 54.2 Å². The van der Waals surface area contributed by atoms with Crippen LogP contribution < -0.4 is 10.1 Å². The van der Waals surface area contributed by atoms with Crippen LogP contribution in [-0.2, 0) is 11.2 Å². The molecule has 0 aliphatic rings. The number of hydrogen-bond donors (Lipinski definition) is 1. The van der Waals surface area contributed by atoms with E-state index in [-0.39, 0.29) is 12.5 Å². The molecule has 2 aromatic carbocycles. The molecule has 0 saturated heterocycles. The third-order valence-corrected chi connectivity index (χ3v) is 5.45. The summed E-state index contributed by atoms with van der Waals surface area (Å²) in [5, 5.41) is 3.44. The molecule has 1 atom stereocenters. The van der Waals surface area contributed by atoms with Crippen LogP contribution in [0.5, 0.6) is 5.75 Å². The van der Waals surface area contributed by atoms with Crippen LogP contribution in [0.3, 0.4) is 0 Å². The fraction of sp³-hybridized carbons (Fsp3) is 0.333. The van der Waals surface area contributed by atoms with Gasteiger partial charge in [0.2, 0.25) is 0 Å². The molecule has 1 N–H and O–H groups in total. The van der Waals surface area contributed by atoms with E-state index >= 15 is 0 Å². The normalized spacial score (nSPS) is 12.1. The topological polar surface area (TPSA) is 51.2 Å². The van der Waals surface area contributed by atoms with E-state index in [1.165, 1.54) is 22.5 Å². The van der Waals surface area contributed by atoms with Crippen molar-refractivity contribution in [3.63, 3.8) is 0 Å². The minimum atomic E-state index is -0.201. The molecule has 4 nitrogen and oxygen atoms in total. The first-order valence-corrected chi connectivity index (χ1v) is 9.82. The van der Waals surface area contributed by atoms with E-state index < -0.39 is 0 Å². The standard InChI is InChI=1S/C21H24N2O2S/c1-4-14(3)16-9-10-18-19(12-16)26-21(22-18)23-20(24)13-25-17-8-6-7-15(5-2)11-17/h6-12,14H,4-5,13H2,1-3H3,(H,22,23,24). The van der Waals surface area contributed by atoms with E-state index in [2.05, 4.69) is 43.2 Å². The lowest BCUT2D eigenvalue weighted by Crippen LogP contribution is -2.20. The van der Waals surface area contributed by atoms with Crippen LogP contribution in [0.4, 0.5) is 5.13 Å². The summed E-state index contributed by atoms with van der Waals surface area (Å²) in [7, 11) is 0. The van der Waals surface area contributed by atoms with Crippen molar-refractivity contribution in [1.82, 2.24) is 4.98 Å². The zero-order valence-electron chi connectivity index (χ0n) is 15.4. The van der Waals surface area contributed by atoms with Crippen molar-refractivity contribution in [1.29, 1.82) is 0 Å². The first kappa shape index (κ1) is 18.4. The predicted octanol–water partition coefficient (Wildman–Crippen LogP) is 5.39. The number of nitrogens with one attached hydrogen (secondary N) is 1. The summed E-state index contributed by atoms with van der Waals surface area (Å²) >= 11 is 1.50. The first-order chi connectivity index (χ1) is 12.6. The van der Waals surface area contributed by atoms with E-state index in [1.807, 2.05) is 30.3 Å². The lowest BCUT2D eigenvalue weighted by molar-refractivity contribution is -0.118. The smallest absolute Gasteiger partial charge is 0.264 e. The number of thiazole rings is 1. The summed E-state index contributed by atoms with van der Waals surface area (Å²) < 4.78 is 6.68. The highest BCUT2D eigenvalue weighted by Gasteiger charge is 2.11. The van der Waals surface area contributed by atoms with Gasteiger partial charge in [-0.1, -0.05) is 50.3 Å². The van der Waals surface area contributed by atoms with Gasteiger partial charge in [-0.25, -0.2) is 4.98 Å². The number of carbonyl (C=O) groups excluding carboxylic acids is 1. The highest BCUT2D eigenvalue weighted by Crippen LogP contribution is 2.30. The number of ether oxygens (including phenoxy) is 1. The zero-order valence-corrected chi connectivity index (χ0v) is 16.2. The fourth-order valence-corrected chi connectivity index (χ4v) is 3.63. The lowest BCUT2D eigenvalue weighted by atomic mass is 9.99. The van der Waals surface area contributed by atoms with E-state index in [4.69, 9.17) is 4.74 Å². The monoisotopic (exact) mass is 368 g/mol. The molecule has 0 aliphatic heterocycles. The van der Waals surface area contributed by atoms with E-state index in [0.717, 1.165) is 23.1 Å². The van der Waals surface area contributed by atoms with Crippen LogP contribution in [0, 0.1) is 0 Å². The van der Waals surface area contributed by atoms with Gasteiger partial charge in [0.15, 0.2) is 11.7 Å². The summed E-state index contributed by atoms with van der Waals surface area (Å²) in [6, 6.07) is 14.1. The third-order valence-electron chi connectivity index (χ3n) is 4.52. The van der Waals surface area contributed by atoms with Crippen LogP contribution in [0.15, 0.2) is 42.5 Å². The van der Waals surface area contributed by atoms with Gasteiger partial charge in [-0.3, -0.25) is 10.1 Å². The lowest BCUT2D eigenvalue weighted by Gasteiger charge is -2.07. The molecule has 3 rings (SSSR count). The van der Waals surface area contributed by atoms with Crippen molar-refractivity contribution in [2.45, 2.75) is 39.5 Å². The second-order valence-corrected chi connectivity index (χ2v) is 7.42. The molecule has 0 bridgehead atoms. The second-order valence-electron chi connectivity index (χ2n) is 6.39. The van der Waals surface area contributed by atoms with Gasteiger partial charge in [0, 0.05) is 0 Å². The van der Waals surface area contributed by atoms with Crippen molar-refractivity contribution in [2.75, 3.05) is 11.9 Å². The van der Waals surface area contributed by atoms with Crippen molar-refractivity contribution in [3.05, 3.63) is 53.6 Å². The Morgan fingerprint density at radius 2 is 2.08 bits per heavy atom. The van der Waals surface area contributed by atoms with Gasteiger partial charge in [-0.15, -0.1) is 0 Å². The average Bonchev–Trinajstić information content (AvgIpc) is 3.07. The van der Waals surface area contributed by atoms with Crippen LogP contribution in [0.1, 0.15) is 44.2 Å². The summed E-state index contributed by atoms with van der Waals surface area (Å²) in [6.45, 7) is 6.46. The summed E-state index contributed by atoms with van der Waals surface area (Å²) in [4.78, 5) is 16.7. The molecule has 0 fully saturated rings. The van der Waals surface area contributed by atoms with Crippen molar-refractivity contribution >= 4 is 32.6 Å². The van der Waals surface area contributed by atoms with Gasteiger partial charge < -0.3 is 4.74 Å². The van der Waals surface area contributed by atoms with Gasteiger partial charge in [0.1, 0.15) is 5.75 Å². The maximum absolute atomic E-state index is 12.2. The molecule has 0 aliphatic carbocycles. The summed E-state index contributed by atoms with van der Waals surface area (Å²) in [5.41, 5.74) is 3.40. The molecule has 26 heavy (non-hydrogen) atoms. The molecule has 1 amide bonds. The van der Waals surface area contributed by atoms with Crippen molar-refractivity contribution in [2.24, 2.45) is 0 Å². The molecule has 0 radical (unpaired) electrons. The zero-order chi connectivity index (χ0) is 18.5. The molecule has 0 saturated carbocycles. The summed E-state index contributed by atoms with van der Waals surface area (Å²) in [5.74, 6) is 1.03. The minimum Gasteiger partial charge on any atom is -0.484 e. The van der Waals surface area contributed by atoms with Crippen LogP contribution in [0.2, 0.25) is 0 Å². The fourth-order valence-electron chi connectivity index (χ4n) is 2.70. The molecule has 1 heterocycles. The number of benzene rings is 2. The highest BCUT2D eigenvalue weighted by atomic mass is 32.1. The Morgan fingerprint density at radius 1 is 1.23 bits per heavy atom. The Hall–Kier alpha value is -2.40. The van der Waals surface area contributed by atoms with Crippen LogP contribution >= 0.6 is 11.3 Å². The molecular weight excluding hydrogens is 344 g/mol. The highest BCUT2D eigenvalue weighted by molar-refractivity contribution is 7.22. The molecule has 5 heteroatoms. The average molecular weight is 369 g/mol. The summed E-state index contributed by atoms with van der Waals surface area (Å²) in [6.07, 6.45) is 2.04. The maximum atomic E-state index is 12.2. The molecular formula is C21H24N2O2S. The predicted molar refractivity (Wildman–Crippen MR) is 108 cm³/mol. The Balaban J connectivity index is 1.63. The number of carbonyl (C=O) groups is 1. The third kappa shape index (κ3) is 4.41. The number of fused-ring (bicyclic) bond motifs is 1. The van der Waals surface area contributed by atoms with Gasteiger partial charge >= 0.3 is 0 Å². The number of anilines is 1. The van der Waals surface area contributed by atoms with Crippen LogP contribution in [-0.4, -0.2) is 17.5 Å². The largest absolute Gasteiger partial charge is 0.484 e. The Morgan fingerprint density at radius 3 is 2.85 bits per heavy atom. The number of nitrogens with zero attached hydrogens (tertiary/aromatic N) is 1. The Bertz CT molecular complexity index is 904. The molecule has 0 spiro atoms. The van der Waals surface area contributed by atoms with E-state index in [0.29, 0.717) is 16.8 Å². The van der Waals surface area contributed by atoms with Gasteiger partial charge in [0.05, 0.1) is 10.2 Å². The Labute approximate surface area is 158 Å². The number of amides is 1. The molecule has 136 valence electrons. The number of aromatic nitrogens is 1. The Kier molecular flexibility index (Phi) is 5.89. The molecule has 1 unspecified atom stereocenters. The van der Waals surface area contributed by atoms with Crippen molar-refractivity contribution in [3.8, 4) is 5.75 Å².